The number of nitrogens with one attached hydrogen (secondary N) is 8. The summed E-state index contributed by atoms with van der Waals surface area (Å²) in [5, 5.41) is 41.6. The summed E-state index contributed by atoms with van der Waals surface area (Å²) in [5.74, 6) is 11.8. The number of furan rings is 1. The molecule has 9 aromatic heterocycles. The summed E-state index contributed by atoms with van der Waals surface area (Å²) in [4.78, 5) is 36.6. The Morgan fingerprint density at radius 3 is 1.28 bits per heavy atom. The summed E-state index contributed by atoms with van der Waals surface area (Å²) >= 11 is 0. The molecule has 14 aromatic rings. The fourth-order valence-corrected chi connectivity index (χ4v) is 10.4. The van der Waals surface area contributed by atoms with E-state index in [2.05, 4.69) is 116 Å². The Kier molecular flexibility index (Phi) is 20.0. The third kappa shape index (κ3) is 16.9. The molecule has 0 bridgehead atoms. The quantitative estimate of drug-likeness (QED) is 0.0446. The predicted octanol–water partition coefficient (Wildman–Crippen LogP) is 15.4. The van der Waals surface area contributed by atoms with E-state index in [4.69, 9.17) is 23.4 Å². The zero-order chi connectivity index (χ0) is 67.9. The summed E-state index contributed by atoms with van der Waals surface area (Å²) in [6.07, 6.45) is 2.55. The normalized spacial score (nSPS) is 13.3. The van der Waals surface area contributed by atoms with Crippen LogP contribution >= 0.6 is 0 Å². The predicted molar refractivity (Wildman–Crippen MR) is 378 cm³/mol. The van der Waals surface area contributed by atoms with Crippen LogP contribution in [0.15, 0.2) is 211 Å². The molecule has 2 aliphatic rings. The highest BCUT2D eigenvalue weighted by atomic mass is 16.6. The molecule has 99 heavy (non-hydrogen) atoms. The average Bonchev–Trinajstić information content (AvgIpc) is 1.16. The van der Waals surface area contributed by atoms with Gasteiger partial charge in [0.15, 0.2) is 87.5 Å². The van der Waals surface area contributed by atoms with Crippen LogP contribution in [0.5, 0.6) is 23.0 Å². The number of rotatable bonds is 16. The van der Waals surface area contributed by atoms with Crippen LogP contribution in [0.25, 0.3) is 45.5 Å². The molecule has 0 saturated carbocycles. The van der Waals surface area contributed by atoms with E-state index >= 15 is 0 Å². The lowest BCUT2D eigenvalue weighted by Gasteiger charge is -2.25. The Balaban J connectivity index is 0.000000119. The number of aromatic amines is 4. The Labute approximate surface area is 569 Å². The Morgan fingerprint density at radius 1 is 0.364 bits per heavy atom. The zero-order valence-corrected chi connectivity index (χ0v) is 55.0. The number of para-hydroxylation sites is 4. The fourth-order valence-electron chi connectivity index (χ4n) is 10.4. The van der Waals surface area contributed by atoms with Crippen LogP contribution in [0.1, 0.15) is 71.9 Å². The van der Waals surface area contributed by atoms with Crippen molar-refractivity contribution in [3.63, 3.8) is 0 Å². The van der Waals surface area contributed by atoms with Crippen LogP contribution < -0.4 is 40.2 Å². The van der Waals surface area contributed by atoms with Gasteiger partial charge in [0.1, 0.15) is 42.2 Å². The van der Waals surface area contributed by atoms with Crippen molar-refractivity contribution in [1.29, 1.82) is 0 Å². The van der Waals surface area contributed by atoms with E-state index in [1.807, 2.05) is 228 Å². The van der Waals surface area contributed by atoms with Gasteiger partial charge in [0, 0.05) is 93.8 Å². The van der Waals surface area contributed by atoms with Crippen LogP contribution in [0.3, 0.4) is 0 Å². The minimum atomic E-state index is -0.381. The van der Waals surface area contributed by atoms with Gasteiger partial charge in [0.05, 0.1) is 12.0 Å². The molecule has 0 fully saturated rings. The molecule has 0 aliphatic carbocycles. The van der Waals surface area contributed by atoms with Crippen molar-refractivity contribution < 1.29 is 23.4 Å². The topological polar surface area (TPSA) is 316 Å². The van der Waals surface area contributed by atoms with Crippen molar-refractivity contribution in [2.45, 2.75) is 66.6 Å². The first-order chi connectivity index (χ1) is 48.5. The first kappa shape index (κ1) is 64.6. The lowest BCUT2D eigenvalue weighted by molar-refractivity contribution is 0.0850. The molecule has 16 rings (SSSR count). The average molecular weight is 1320 g/mol. The number of ether oxygens (including phenoxy) is 4. The van der Waals surface area contributed by atoms with E-state index in [9.17, 15) is 0 Å². The summed E-state index contributed by atoms with van der Waals surface area (Å²) in [7, 11) is 0. The van der Waals surface area contributed by atoms with Gasteiger partial charge >= 0.3 is 0 Å². The molecule has 2 aliphatic heterocycles. The molecule has 2 unspecified atom stereocenters. The zero-order valence-electron chi connectivity index (χ0n) is 55.0. The molecule has 25 nitrogen and oxygen atoms in total. The van der Waals surface area contributed by atoms with E-state index in [-0.39, 0.29) is 12.2 Å². The maximum atomic E-state index is 6.03. The summed E-state index contributed by atoms with van der Waals surface area (Å²) in [6, 6.07) is 64.2. The summed E-state index contributed by atoms with van der Waals surface area (Å²) < 4.78 is 29.0. The van der Waals surface area contributed by atoms with Crippen molar-refractivity contribution in [2.24, 2.45) is 0 Å². The third-order valence-corrected chi connectivity index (χ3v) is 15.1. The number of aryl methyl sites for hydroxylation is 6. The highest BCUT2D eigenvalue weighted by molar-refractivity contribution is 5.67. The second-order valence-corrected chi connectivity index (χ2v) is 22.9. The number of nitrogens with zero attached hydrogens (tertiary/aromatic N) is 12. The molecule has 2 atom stereocenters. The summed E-state index contributed by atoms with van der Waals surface area (Å²) in [6.45, 7) is 12.7. The number of anilines is 8. The van der Waals surface area contributed by atoms with Crippen LogP contribution in [-0.4, -0.2) is 93.9 Å². The minimum Gasteiger partial charge on any atom is -0.485 e. The van der Waals surface area contributed by atoms with Crippen LogP contribution in [-0.2, 0) is 12.8 Å². The van der Waals surface area contributed by atoms with Gasteiger partial charge in [0.2, 0.25) is 0 Å². The van der Waals surface area contributed by atoms with E-state index in [1.165, 1.54) is 0 Å². The molecular formula is C74H70N20O5. The van der Waals surface area contributed by atoms with Gasteiger partial charge < -0.3 is 44.6 Å². The molecule has 8 N–H and O–H groups in total. The number of fused-ring (bicyclic) bond motifs is 2. The second kappa shape index (κ2) is 30.6. The van der Waals surface area contributed by atoms with Crippen LogP contribution in [0.4, 0.5) is 46.5 Å². The van der Waals surface area contributed by atoms with Crippen molar-refractivity contribution >= 4 is 46.5 Å². The maximum absolute atomic E-state index is 6.03. The van der Waals surface area contributed by atoms with Crippen LogP contribution in [0.2, 0.25) is 0 Å². The Bertz CT molecular complexity index is 4950. The van der Waals surface area contributed by atoms with E-state index in [0.29, 0.717) is 65.4 Å². The summed E-state index contributed by atoms with van der Waals surface area (Å²) in [5.41, 5.74) is 10.4. The van der Waals surface area contributed by atoms with Crippen LogP contribution in [0, 0.1) is 27.7 Å². The van der Waals surface area contributed by atoms with Crippen molar-refractivity contribution in [1.82, 2.24) is 80.7 Å². The number of hydrogen-bond donors (Lipinski definition) is 8. The standard InChI is InChI=1S/C20H17N5O3.C20H17N5.C18H19N5O2.C16H17N5/c1-12-9-18(22-19-10-13(24-25-19)14-7-4-8-26-14)23-20(21-12)17-11-27-15-5-2-3-6-16(15)28-17;1-14-12-18(23-20(21-14)16-10-6-3-7-11-16)22-19-13-17(24-25-19)15-8-4-2-5-9-15;1-3-12-9-16(20-17-8-11(2)22-23-17)21-18(19-12)15-10-24-13-6-4-5-7-14(13)25-15;1-3-13-10-14(18-15-9-11(2)20-21-15)19-16(17-13)12-7-5-4-6-8-12/h2-10,17H,11H2,1H3,(H2,21,22,23,24,25);2-13H,1H3,(H2,21,22,23,24,25);4-9,15H,3,10H2,1-2H3,(H2,19,20,21,22,23);4-10H,3H2,1-2H3,(H2,17,18,19,20,21). The highest BCUT2D eigenvalue weighted by Crippen LogP contribution is 2.37. The molecule has 0 spiro atoms. The lowest BCUT2D eigenvalue weighted by atomic mass is 10.1. The Morgan fingerprint density at radius 2 is 0.778 bits per heavy atom. The van der Waals surface area contributed by atoms with Gasteiger partial charge in [-0.15, -0.1) is 0 Å². The van der Waals surface area contributed by atoms with Crippen molar-refractivity contribution in [3.8, 4) is 68.5 Å². The Hall–Kier alpha value is -13.1. The monoisotopic (exact) mass is 1320 g/mol. The molecular weight excluding hydrogens is 1250 g/mol. The highest BCUT2D eigenvalue weighted by Gasteiger charge is 2.27. The van der Waals surface area contributed by atoms with Gasteiger partial charge in [-0.25, -0.2) is 39.9 Å². The third-order valence-electron chi connectivity index (χ3n) is 15.1. The van der Waals surface area contributed by atoms with Gasteiger partial charge in [-0.05, 0) is 82.5 Å². The molecule has 0 radical (unpaired) electrons. The fraction of sp³-hybridized carbons (Fsp3) is 0.162. The SMILES string of the molecule is CCc1cc(Nc2cc(C)[nH]n2)nc(-c2ccccc2)n1.CCc1cc(Nc2cc(C)[nH]n2)nc(C2COc3ccccc3O2)n1.Cc1cc(Nc2cc(-c3ccccc3)[nH]n2)nc(-c2ccccc2)n1.Cc1cc(Nc2cc(-c3ccco3)[nH]n2)nc(C2COc3ccccc3O2)n1. The van der Waals surface area contributed by atoms with Gasteiger partial charge in [0.25, 0.3) is 0 Å². The maximum Gasteiger partial charge on any atom is 0.192 e. The van der Waals surface area contributed by atoms with E-state index in [1.54, 1.807) is 6.26 Å². The number of H-pyrrole nitrogens is 4. The lowest BCUT2D eigenvalue weighted by Crippen LogP contribution is -2.24. The molecule has 11 heterocycles. The van der Waals surface area contributed by atoms with Crippen molar-refractivity contribution in [2.75, 3.05) is 34.5 Å². The number of hydrogen-bond acceptors (Lipinski definition) is 21. The molecule has 0 amide bonds. The smallest absolute Gasteiger partial charge is 0.192 e. The van der Waals surface area contributed by atoms with Gasteiger partial charge in [-0.1, -0.05) is 129 Å². The first-order valence-corrected chi connectivity index (χ1v) is 32.1. The first-order valence-electron chi connectivity index (χ1n) is 32.1. The molecule has 25 heteroatoms. The van der Waals surface area contributed by atoms with Gasteiger partial charge in [-0.3, -0.25) is 20.4 Å². The molecule has 5 aromatic carbocycles. The van der Waals surface area contributed by atoms with Crippen molar-refractivity contribution in [3.05, 3.63) is 252 Å². The van der Waals surface area contributed by atoms with E-state index < -0.39 is 0 Å². The van der Waals surface area contributed by atoms with E-state index in [0.717, 1.165) is 121 Å². The number of aromatic nitrogens is 16. The van der Waals surface area contributed by atoms with Gasteiger partial charge in [-0.2, -0.15) is 20.4 Å². The largest absolute Gasteiger partial charge is 0.485 e. The molecule has 496 valence electrons. The minimum absolute atomic E-state index is 0.345. The molecule has 0 saturated heterocycles. The number of benzene rings is 5. The second-order valence-electron chi connectivity index (χ2n) is 22.9.